The molecule has 3 rings (SSSR count). The molecule has 2 heterocycles. The molecule has 0 unspecified atom stereocenters. The van der Waals surface area contributed by atoms with Crippen LogP contribution in [0.5, 0.6) is 5.88 Å². The lowest BCUT2D eigenvalue weighted by atomic mass is 10.2. The van der Waals surface area contributed by atoms with E-state index in [1.165, 1.54) is 11.6 Å². The first-order chi connectivity index (χ1) is 9.06. The summed E-state index contributed by atoms with van der Waals surface area (Å²) in [5, 5.41) is 22.6. The molecule has 0 amide bonds. The molecule has 0 saturated carbocycles. The highest BCUT2D eigenvalue weighted by molar-refractivity contribution is 9.10. The van der Waals surface area contributed by atoms with Gasteiger partial charge in [0, 0.05) is 11.5 Å². The van der Waals surface area contributed by atoms with E-state index in [1.807, 2.05) is 0 Å². The lowest BCUT2D eigenvalue weighted by Gasteiger charge is -1.95. The Kier molecular flexibility index (Phi) is 2.83. The van der Waals surface area contributed by atoms with Gasteiger partial charge in [0.2, 0.25) is 5.88 Å². The minimum Gasteiger partial charge on any atom is -0.493 e. The molecule has 1 aromatic heterocycles. The molecule has 0 aliphatic carbocycles. The summed E-state index contributed by atoms with van der Waals surface area (Å²) in [7, 11) is 1.52. The molecule has 96 valence electrons. The number of thiazole rings is 1. The van der Waals surface area contributed by atoms with Crippen molar-refractivity contribution in [3.05, 3.63) is 41.7 Å². The van der Waals surface area contributed by atoms with Gasteiger partial charge in [-0.3, -0.25) is 9.36 Å². The highest BCUT2D eigenvalue weighted by Gasteiger charge is 2.09. The molecule has 19 heavy (non-hydrogen) atoms. The van der Waals surface area contributed by atoms with E-state index in [2.05, 4.69) is 31.4 Å². The second-order valence-electron chi connectivity index (χ2n) is 3.91. The standard InChI is InChI=1S/C11H7BrN4O2S/c1-16-10(17)9(19-11(16)18)3-5-2-7-8(4-6(5)12)14-15-13-7/h2-4,17H,1H3/b5-3+. The Hall–Kier alpha value is -1.80. The third kappa shape index (κ3) is 2.02. The van der Waals surface area contributed by atoms with Crippen molar-refractivity contribution >= 4 is 39.0 Å². The average molecular weight is 339 g/mol. The molecule has 2 aromatic rings. The fraction of sp³-hybridized carbons (Fsp3) is 0.0909. The molecule has 0 spiro atoms. The van der Waals surface area contributed by atoms with Gasteiger partial charge < -0.3 is 5.11 Å². The van der Waals surface area contributed by atoms with E-state index in [-0.39, 0.29) is 10.8 Å². The highest BCUT2D eigenvalue weighted by atomic mass is 79.9. The monoisotopic (exact) mass is 338 g/mol. The molecule has 1 aromatic carbocycles. The maximum atomic E-state index is 11.5. The average Bonchev–Trinajstić information content (AvgIpc) is 2.91. The molecule has 0 saturated heterocycles. The van der Waals surface area contributed by atoms with Crippen molar-refractivity contribution in [2.75, 3.05) is 0 Å². The van der Waals surface area contributed by atoms with Crippen LogP contribution in [0, 0.1) is 0 Å². The van der Waals surface area contributed by atoms with Crippen LogP contribution in [-0.2, 0) is 7.05 Å². The van der Waals surface area contributed by atoms with Gasteiger partial charge in [-0.15, -0.1) is 10.2 Å². The highest BCUT2D eigenvalue weighted by Crippen LogP contribution is 2.20. The number of halogens is 1. The first-order valence-corrected chi connectivity index (χ1v) is 6.86. The van der Waals surface area contributed by atoms with Crippen LogP contribution in [0.3, 0.4) is 0 Å². The molecule has 0 atom stereocenters. The summed E-state index contributed by atoms with van der Waals surface area (Å²) in [6.07, 6.45) is 1.72. The van der Waals surface area contributed by atoms with Gasteiger partial charge in [-0.25, -0.2) is 0 Å². The van der Waals surface area contributed by atoms with E-state index >= 15 is 0 Å². The van der Waals surface area contributed by atoms with Crippen LogP contribution in [-0.4, -0.2) is 9.67 Å². The Morgan fingerprint density at radius 3 is 2.95 bits per heavy atom. The first kappa shape index (κ1) is 12.2. The van der Waals surface area contributed by atoms with E-state index in [0.29, 0.717) is 15.9 Å². The summed E-state index contributed by atoms with van der Waals surface area (Å²) in [5.41, 5.74) is 0.664. The van der Waals surface area contributed by atoms with E-state index in [4.69, 9.17) is 0 Å². The molecular weight excluding hydrogens is 332 g/mol. The maximum absolute atomic E-state index is 11.5. The third-order valence-corrected chi connectivity index (χ3v) is 4.35. The molecule has 0 radical (unpaired) electrons. The van der Waals surface area contributed by atoms with Crippen molar-refractivity contribution in [2.45, 2.75) is 0 Å². The lowest BCUT2D eigenvalue weighted by Crippen LogP contribution is -2.09. The minimum atomic E-state index is -0.212. The summed E-state index contributed by atoms with van der Waals surface area (Å²) < 4.78 is 2.00. The van der Waals surface area contributed by atoms with Crippen LogP contribution in [0.4, 0.5) is 5.69 Å². The SMILES string of the molecule is Cn1c(O)c(/C=c2\cc3c(cc2Br)=NN=N3)sc1=O. The smallest absolute Gasteiger partial charge is 0.310 e. The van der Waals surface area contributed by atoms with Crippen molar-refractivity contribution < 1.29 is 5.11 Å². The van der Waals surface area contributed by atoms with Gasteiger partial charge in [0.25, 0.3) is 0 Å². The zero-order valence-corrected chi connectivity index (χ0v) is 12.1. The number of rotatable bonds is 1. The summed E-state index contributed by atoms with van der Waals surface area (Å²) in [6, 6.07) is 3.59. The Bertz CT molecular complexity index is 881. The Labute approximate surface area is 119 Å². The molecule has 8 heteroatoms. The van der Waals surface area contributed by atoms with Gasteiger partial charge in [-0.1, -0.05) is 27.3 Å². The predicted molar refractivity (Wildman–Crippen MR) is 74.2 cm³/mol. The zero-order valence-electron chi connectivity index (χ0n) is 9.66. The topological polar surface area (TPSA) is 79.3 Å². The number of aromatic hydroxyl groups is 1. The number of fused-ring (bicyclic) bond motifs is 1. The van der Waals surface area contributed by atoms with Crippen LogP contribution in [0.15, 0.2) is 36.8 Å². The first-order valence-electron chi connectivity index (χ1n) is 5.25. The van der Waals surface area contributed by atoms with Crippen LogP contribution in [0.1, 0.15) is 4.88 Å². The molecule has 0 bridgehead atoms. The number of hydrogen-bond acceptors (Lipinski definition) is 6. The third-order valence-electron chi connectivity index (χ3n) is 2.69. The lowest BCUT2D eigenvalue weighted by molar-refractivity contribution is 0.428. The number of hydrogen-bond donors (Lipinski definition) is 1. The number of benzene rings is 1. The second kappa shape index (κ2) is 4.39. The maximum Gasteiger partial charge on any atom is 0.310 e. The van der Waals surface area contributed by atoms with E-state index in [9.17, 15) is 9.90 Å². The summed E-state index contributed by atoms with van der Waals surface area (Å²) >= 11 is 4.40. The van der Waals surface area contributed by atoms with Crippen LogP contribution < -0.4 is 15.4 Å². The normalized spacial score (nSPS) is 13.7. The van der Waals surface area contributed by atoms with Gasteiger partial charge in [-0.05, 0) is 28.7 Å². The fourth-order valence-corrected chi connectivity index (χ4v) is 2.92. The zero-order chi connectivity index (χ0) is 13.6. The van der Waals surface area contributed by atoms with Gasteiger partial charge in [0.15, 0.2) is 0 Å². The largest absolute Gasteiger partial charge is 0.493 e. The molecule has 1 aliphatic heterocycles. The molecular formula is C11H7BrN4O2S. The van der Waals surface area contributed by atoms with Gasteiger partial charge in [0.1, 0.15) is 11.0 Å². The van der Waals surface area contributed by atoms with Crippen LogP contribution >= 0.6 is 27.3 Å². The summed E-state index contributed by atoms with van der Waals surface area (Å²) in [5.74, 6) is -0.0475. The van der Waals surface area contributed by atoms with E-state index in [1.54, 1.807) is 18.2 Å². The van der Waals surface area contributed by atoms with Gasteiger partial charge in [0.05, 0.1) is 4.88 Å². The Morgan fingerprint density at radius 2 is 2.26 bits per heavy atom. The molecule has 6 nitrogen and oxygen atoms in total. The molecule has 1 aliphatic rings. The molecule has 1 N–H and O–H groups in total. The van der Waals surface area contributed by atoms with Crippen molar-refractivity contribution in [2.24, 2.45) is 22.5 Å². The predicted octanol–water partition coefficient (Wildman–Crippen LogP) is 1.38. The second-order valence-corrected chi connectivity index (χ2v) is 5.76. The van der Waals surface area contributed by atoms with Gasteiger partial charge >= 0.3 is 4.87 Å². The van der Waals surface area contributed by atoms with Crippen LogP contribution in [0.2, 0.25) is 0 Å². The quantitative estimate of drug-likeness (QED) is 0.852. The minimum absolute atomic E-state index is 0.0475. The van der Waals surface area contributed by atoms with Crippen molar-refractivity contribution in [1.82, 2.24) is 4.57 Å². The summed E-state index contributed by atoms with van der Waals surface area (Å²) in [6.45, 7) is 0. The van der Waals surface area contributed by atoms with E-state index in [0.717, 1.165) is 21.0 Å². The molecule has 0 fully saturated rings. The van der Waals surface area contributed by atoms with Crippen molar-refractivity contribution in [3.63, 3.8) is 0 Å². The Morgan fingerprint density at radius 1 is 1.47 bits per heavy atom. The fourth-order valence-electron chi connectivity index (χ4n) is 1.65. The number of nitrogens with zero attached hydrogens (tertiary/aromatic N) is 4. The van der Waals surface area contributed by atoms with Crippen LogP contribution in [0.25, 0.3) is 6.08 Å². The Balaban J connectivity index is 2.25. The van der Waals surface area contributed by atoms with Crippen molar-refractivity contribution in [1.29, 1.82) is 0 Å². The van der Waals surface area contributed by atoms with Gasteiger partial charge in [-0.2, -0.15) is 0 Å². The van der Waals surface area contributed by atoms with Crippen molar-refractivity contribution in [3.8, 4) is 5.88 Å². The summed E-state index contributed by atoms with van der Waals surface area (Å²) in [4.78, 5) is 11.8. The number of aromatic nitrogens is 1. The van der Waals surface area contributed by atoms with E-state index < -0.39 is 0 Å².